The molecule has 4 fully saturated rings. The number of aromatic amines is 2. The molecule has 3 N–H and O–H groups in total. The number of esters is 1. The van der Waals surface area contributed by atoms with E-state index in [2.05, 4.69) is 89.2 Å². The molecule has 2 aromatic carbocycles. The van der Waals surface area contributed by atoms with Crippen LogP contribution in [-0.2, 0) is 22.4 Å². The van der Waals surface area contributed by atoms with Crippen LogP contribution in [-0.4, -0.2) is 82.8 Å². The number of aliphatic hydroxyl groups is 1. The van der Waals surface area contributed by atoms with E-state index in [4.69, 9.17) is 4.74 Å². The van der Waals surface area contributed by atoms with Gasteiger partial charge in [-0.1, -0.05) is 48.9 Å². The smallest absolute Gasteiger partial charge is 0.310 e. The third kappa shape index (κ3) is 4.32. The molecule has 4 aromatic rings. The zero-order chi connectivity index (χ0) is 32.1. The van der Waals surface area contributed by atoms with Crippen molar-refractivity contribution in [2.24, 2.45) is 23.7 Å². The lowest BCUT2D eigenvalue weighted by molar-refractivity contribution is -0.151. The molecule has 1 saturated carbocycles. The summed E-state index contributed by atoms with van der Waals surface area (Å²) in [5.74, 6) is 1.07. The van der Waals surface area contributed by atoms with Gasteiger partial charge < -0.3 is 19.8 Å². The minimum absolute atomic E-state index is 0.0764. The van der Waals surface area contributed by atoms with Crippen molar-refractivity contribution in [1.29, 1.82) is 0 Å². The van der Waals surface area contributed by atoms with Gasteiger partial charge in [0.05, 0.1) is 19.1 Å². The molecule has 246 valence electrons. The van der Waals surface area contributed by atoms with E-state index in [9.17, 15) is 9.90 Å². The van der Waals surface area contributed by atoms with Crippen molar-refractivity contribution in [3.05, 3.63) is 82.2 Å². The number of fused-ring (bicyclic) bond motifs is 9. The topological polar surface area (TPSA) is 84.6 Å². The number of rotatable bonds is 3. The fourth-order valence-electron chi connectivity index (χ4n) is 11.2. The van der Waals surface area contributed by atoms with Gasteiger partial charge in [-0.25, -0.2) is 0 Å². The summed E-state index contributed by atoms with van der Waals surface area (Å²) in [6.07, 6.45) is 6.89. The molecule has 6 bridgehead atoms. The maximum absolute atomic E-state index is 13.6. The van der Waals surface area contributed by atoms with E-state index in [0.717, 1.165) is 51.7 Å². The molecule has 2 aromatic heterocycles. The minimum Gasteiger partial charge on any atom is -0.469 e. The van der Waals surface area contributed by atoms with Gasteiger partial charge in [0.15, 0.2) is 0 Å². The van der Waals surface area contributed by atoms with Crippen molar-refractivity contribution in [3.63, 3.8) is 0 Å². The van der Waals surface area contributed by atoms with E-state index in [1.54, 1.807) is 7.11 Å². The molecule has 6 aliphatic rings. The molecule has 4 aliphatic heterocycles. The molecule has 7 nitrogen and oxygen atoms in total. The zero-order valence-electron chi connectivity index (χ0n) is 28.1. The van der Waals surface area contributed by atoms with Crippen LogP contribution >= 0.6 is 0 Å². The van der Waals surface area contributed by atoms with Crippen LogP contribution in [0, 0.1) is 23.7 Å². The Balaban J connectivity index is 1.19. The van der Waals surface area contributed by atoms with Crippen molar-refractivity contribution in [1.82, 2.24) is 19.8 Å². The molecule has 10 atom stereocenters. The number of para-hydroxylation sites is 1. The molecule has 0 spiro atoms. The molecular weight excluding hydrogens is 584 g/mol. The SMILES string of the molecule is C/C=C1/CN(C)[C@H]2Cc3c([nH]c4ccccc34)[C@H](c3ccc4c5c([nH]c4c3)[C@@H]3C[C@@H]4CN(CC5)[C@H]3[C@@H](CC)C4O)C[C@@H]1[C@@H]2C(=O)OC. The number of piperidine rings is 3. The van der Waals surface area contributed by atoms with Crippen LogP contribution in [0.1, 0.15) is 73.0 Å². The molecule has 6 heterocycles. The first-order valence-electron chi connectivity index (χ1n) is 18.0. The number of aromatic nitrogens is 2. The first-order valence-corrected chi connectivity index (χ1v) is 18.0. The zero-order valence-corrected chi connectivity index (χ0v) is 28.1. The lowest BCUT2D eigenvalue weighted by Gasteiger charge is -2.55. The van der Waals surface area contributed by atoms with Crippen molar-refractivity contribution in [2.45, 2.75) is 76.0 Å². The Morgan fingerprint density at radius 1 is 1.04 bits per heavy atom. The second-order valence-corrected chi connectivity index (χ2v) is 15.3. The maximum Gasteiger partial charge on any atom is 0.310 e. The number of ether oxygens (including phenoxy) is 1. The first kappa shape index (κ1) is 29.7. The number of hydrogen-bond donors (Lipinski definition) is 3. The van der Waals surface area contributed by atoms with Crippen molar-refractivity contribution in [3.8, 4) is 0 Å². The normalized spacial score (nSPS) is 35.7. The Morgan fingerprint density at radius 2 is 1.85 bits per heavy atom. The summed E-state index contributed by atoms with van der Waals surface area (Å²) in [5.41, 5.74) is 10.6. The number of H-pyrrole nitrogens is 2. The number of nitrogens with one attached hydrogen (secondary N) is 2. The number of hydrogen-bond acceptors (Lipinski definition) is 5. The molecule has 3 saturated heterocycles. The third-order valence-electron chi connectivity index (χ3n) is 13.3. The number of benzene rings is 2. The summed E-state index contributed by atoms with van der Waals surface area (Å²) in [4.78, 5) is 26.6. The van der Waals surface area contributed by atoms with E-state index in [1.807, 2.05) is 0 Å². The van der Waals surface area contributed by atoms with E-state index in [0.29, 0.717) is 23.8 Å². The number of likely N-dealkylation sites (N-methyl/N-ethyl adjacent to an activating group) is 1. The maximum atomic E-state index is 13.6. The van der Waals surface area contributed by atoms with E-state index >= 15 is 0 Å². The highest BCUT2D eigenvalue weighted by Gasteiger charge is 2.53. The van der Waals surface area contributed by atoms with Gasteiger partial charge in [0.1, 0.15) is 0 Å². The monoisotopic (exact) mass is 632 g/mol. The Hall–Kier alpha value is -3.39. The van der Waals surface area contributed by atoms with E-state index in [1.165, 1.54) is 55.5 Å². The lowest BCUT2D eigenvalue weighted by Crippen LogP contribution is -2.62. The van der Waals surface area contributed by atoms with Gasteiger partial charge in [-0.05, 0) is 86.7 Å². The van der Waals surface area contributed by atoms with E-state index in [-0.39, 0.29) is 35.9 Å². The average molecular weight is 633 g/mol. The highest BCUT2D eigenvalue weighted by atomic mass is 16.5. The summed E-state index contributed by atoms with van der Waals surface area (Å²) < 4.78 is 5.53. The average Bonchev–Trinajstić information content (AvgIpc) is 3.61. The summed E-state index contributed by atoms with van der Waals surface area (Å²) in [5, 5.41) is 13.8. The number of carbonyl (C=O) groups excluding carboxylic acids is 1. The van der Waals surface area contributed by atoms with Crippen LogP contribution in [0.3, 0.4) is 0 Å². The minimum atomic E-state index is -0.217. The Labute approximate surface area is 277 Å². The van der Waals surface area contributed by atoms with Gasteiger partial charge in [-0.2, -0.15) is 0 Å². The second-order valence-electron chi connectivity index (χ2n) is 15.3. The quantitative estimate of drug-likeness (QED) is 0.187. The van der Waals surface area contributed by atoms with Crippen LogP contribution in [0.2, 0.25) is 0 Å². The van der Waals surface area contributed by atoms with Gasteiger partial charge in [0.25, 0.3) is 0 Å². The van der Waals surface area contributed by atoms with Crippen molar-refractivity contribution < 1.29 is 14.6 Å². The first-order chi connectivity index (χ1) is 22.9. The second kappa shape index (κ2) is 11.1. The lowest BCUT2D eigenvalue weighted by atomic mass is 9.63. The Kier molecular flexibility index (Phi) is 7.01. The summed E-state index contributed by atoms with van der Waals surface area (Å²) in [7, 11) is 3.71. The number of nitrogens with zero attached hydrogens (tertiary/aromatic N) is 2. The number of allylic oxidation sites excluding steroid dienone is 1. The van der Waals surface area contributed by atoms with Crippen LogP contribution in [0.5, 0.6) is 0 Å². The van der Waals surface area contributed by atoms with Crippen molar-refractivity contribution in [2.75, 3.05) is 33.8 Å². The van der Waals surface area contributed by atoms with Gasteiger partial charge in [0, 0.05) is 82.7 Å². The fourth-order valence-corrected chi connectivity index (χ4v) is 11.2. The van der Waals surface area contributed by atoms with Gasteiger partial charge in [-0.3, -0.25) is 14.6 Å². The highest BCUT2D eigenvalue weighted by molar-refractivity contribution is 5.88. The largest absolute Gasteiger partial charge is 0.469 e. The predicted octanol–water partition coefficient (Wildman–Crippen LogP) is 6.12. The molecule has 47 heavy (non-hydrogen) atoms. The predicted molar refractivity (Wildman–Crippen MR) is 186 cm³/mol. The molecule has 2 unspecified atom stereocenters. The summed E-state index contributed by atoms with van der Waals surface area (Å²) in [6, 6.07) is 16.3. The standard InChI is InChI=1S/C40H48N4O3/c1-5-21-19-43(3)34-18-30-25-9-7-8-10-32(25)41-37(30)29(17-28(21)35(34)40(46)47-4)22-11-12-26-27-13-14-44-20-23-15-31(36(27)42-33(26)16-22)38(44)24(6-2)39(23)45/h5,7-12,16,23-24,28-29,31,34-35,38-39,41-42,45H,6,13-15,17-20H2,1-4H3/b21-5-/t23-,24-,28+,29+,31+,34+,35+,38+,39?/m1/s1. The number of carbonyl (C=O) groups is 1. The summed E-state index contributed by atoms with van der Waals surface area (Å²) >= 11 is 0. The Morgan fingerprint density at radius 3 is 2.66 bits per heavy atom. The van der Waals surface area contributed by atoms with Gasteiger partial charge in [-0.15, -0.1) is 0 Å². The molecule has 7 heteroatoms. The van der Waals surface area contributed by atoms with Gasteiger partial charge >= 0.3 is 5.97 Å². The molecule has 2 aliphatic carbocycles. The number of likely N-dealkylation sites (tertiary alicyclic amines) is 1. The molecule has 10 rings (SSSR count). The van der Waals surface area contributed by atoms with Gasteiger partial charge in [0.2, 0.25) is 0 Å². The number of aliphatic hydroxyl groups excluding tert-OH is 1. The summed E-state index contributed by atoms with van der Waals surface area (Å²) in [6.45, 7) is 7.36. The molecule has 0 amide bonds. The fraction of sp³-hybridized carbons (Fsp3) is 0.525. The third-order valence-corrected chi connectivity index (χ3v) is 13.3. The van der Waals surface area contributed by atoms with Crippen LogP contribution in [0.4, 0.5) is 0 Å². The molecular formula is C40H48N4O3. The highest BCUT2D eigenvalue weighted by Crippen LogP contribution is 2.52. The van der Waals surface area contributed by atoms with E-state index < -0.39 is 0 Å². The van der Waals surface area contributed by atoms with Crippen LogP contribution < -0.4 is 0 Å². The molecule has 0 radical (unpaired) electrons. The van der Waals surface area contributed by atoms with Crippen LogP contribution in [0.15, 0.2) is 54.1 Å². The van der Waals surface area contributed by atoms with Crippen LogP contribution in [0.25, 0.3) is 21.8 Å². The number of methoxy groups -OCH3 is 1. The Bertz CT molecular complexity index is 1900. The van der Waals surface area contributed by atoms with Crippen molar-refractivity contribution >= 4 is 27.8 Å².